The van der Waals surface area contributed by atoms with Crippen LogP contribution in [-0.4, -0.2) is 43.8 Å². The van der Waals surface area contributed by atoms with Gasteiger partial charge in [-0.2, -0.15) is 0 Å². The van der Waals surface area contributed by atoms with E-state index in [1.165, 1.54) is 35.7 Å². The maximum atomic E-state index is 12.9. The van der Waals surface area contributed by atoms with E-state index in [2.05, 4.69) is 5.32 Å². The van der Waals surface area contributed by atoms with Crippen LogP contribution in [0.15, 0.2) is 36.4 Å². The third-order valence-corrected chi connectivity index (χ3v) is 7.53. The second-order valence-electron chi connectivity index (χ2n) is 7.32. The summed E-state index contributed by atoms with van der Waals surface area (Å²) in [7, 11) is -2.35. The van der Waals surface area contributed by atoms with E-state index in [9.17, 15) is 23.3 Å². The summed E-state index contributed by atoms with van der Waals surface area (Å²) in [5, 5.41) is 14.3. The minimum absolute atomic E-state index is 0.00336. The van der Waals surface area contributed by atoms with Crippen molar-refractivity contribution in [1.29, 1.82) is 0 Å². The Balaban J connectivity index is 1.73. The molecule has 1 amide bonds. The first-order chi connectivity index (χ1) is 15.1. The SMILES string of the molecule is COc1ccc([N+](=O)[O-])cc1NC(=O)[C@@H]1CCCN(S(=O)(=O)Cc2ccc(Cl)cc2Cl)C1. The molecule has 3 rings (SSSR count). The van der Waals surface area contributed by atoms with E-state index in [-0.39, 0.29) is 41.0 Å². The van der Waals surface area contributed by atoms with Gasteiger partial charge < -0.3 is 10.1 Å². The van der Waals surface area contributed by atoms with Crippen molar-refractivity contribution in [2.45, 2.75) is 18.6 Å². The topological polar surface area (TPSA) is 119 Å². The van der Waals surface area contributed by atoms with Gasteiger partial charge >= 0.3 is 0 Å². The number of rotatable bonds is 7. The fourth-order valence-electron chi connectivity index (χ4n) is 3.48. The highest BCUT2D eigenvalue weighted by molar-refractivity contribution is 7.88. The first-order valence-corrected chi connectivity index (χ1v) is 12.0. The summed E-state index contributed by atoms with van der Waals surface area (Å²) in [5.74, 6) is -1.10. The molecule has 0 unspecified atom stereocenters. The number of ether oxygens (including phenoxy) is 1. The average molecular weight is 502 g/mol. The van der Waals surface area contributed by atoms with Crippen molar-refractivity contribution in [2.24, 2.45) is 5.92 Å². The first kappa shape index (κ1) is 24.2. The molecule has 0 aliphatic carbocycles. The number of sulfonamides is 1. The fourth-order valence-corrected chi connectivity index (χ4v) is 5.67. The van der Waals surface area contributed by atoms with Crippen molar-refractivity contribution in [3.63, 3.8) is 0 Å². The van der Waals surface area contributed by atoms with Crippen molar-refractivity contribution in [2.75, 3.05) is 25.5 Å². The zero-order valence-corrected chi connectivity index (χ0v) is 19.4. The Morgan fingerprint density at radius 1 is 1.28 bits per heavy atom. The zero-order chi connectivity index (χ0) is 23.5. The van der Waals surface area contributed by atoms with Crippen LogP contribution >= 0.6 is 23.2 Å². The molecule has 1 aliphatic rings. The van der Waals surface area contributed by atoms with Gasteiger partial charge in [0, 0.05) is 35.3 Å². The summed E-state index contributed by atoms with van der Waals surface area (Å²) in [6, 6.07) is 8.47. The molecule has 2 aromatic rings. The molecule has 1 saturated heterocycles. The van der Waals surface area contributed by atoms with Crippen molar-refractivity contribution < 1.29 is 22.9 Å². The third-order valence-electron chi connectivity index (χ3n) is 5.15. The van der Waals surface area contributed by atoms with Crippen LogP contribution in [0.2, 0.25) is 10.0 Å². The normalized spacial score (nSPS) is 17.0. The van der Waals surface area contributed by atoms with Crippen LogP contribution in [0.1, 0.15) is 18.4 Å². The molecule has 12 heteroatoms. The number of nitrogens with one attached hydrogen (secondary N) is 1. The molecule has 9 nitrogen and oxygen atoms in total. The summed E-state index contributed by atoms with van der Waals surface area (Å²) in [5.41, 5.74) is 0.373. The molecule has 2 aromatic carbocycles. The molecule has 0 spiro atoms. The molecule has 0 saturated carbocycles. The fraction of sp³-hybridized carbons (Fsp3) is 0.350. The number of nitrogens with zero attached hydrogens (tertiary/aromatic N) is 2. The predicted octanol–water partition coefficient (Wildman–Crippen LogP) is 4.09. The molecule has 32 heavy (non-hydrogen) atoms. The highest BCUT2D eigenvalue weighted by Gasteiger charge is 2.33. The summed E-state index contributed by atoms with van der Waals surface area (Å²) in [4.78, 5) is 23.3. The molecule has 0 radical (unpaired) electrons. The third kappa shape index (κ3) is 5.69. The van der Waals surface area contributed by atoms with Crippen LogP contribution in [0.25, 0.3) is 0 Å². The Labute approximate surface area is 195 Å². The van der Waals surface area contributed by atoms with Gasteiger partial charge in [-0.15, -0.1) is 0 Å². The minimum Gasteiger partial charge on any atom is -0.495 e. The predicted molar refractivity (Wildman–Crippen MR) is 122 cm³/mol. The van der Waals surface area contributed by atoms with Gasteiger partial charge in [0.2, 0.25) is 15.9 Å². The number of anilines is 1. The van der Waals surface area contributed by atoms with E-state index < -0.39 is 26.8 Å². The number of hydrogen-bond acceptors (Lipinski definition) is 6. The summed E-state index contributed by atoms with van der Waals surface area (Å²) >= 11 is 12.0. The largest absolute Gasteiger partial charge is 0.495 e. The Morgan fingerprint density at radius 2 is 2.03 bits per heavy atom. The van der Waals surface area contributed by atoms with Crippen LogP contribution in [-0.2, 0) is 20.6 Å². The monoisotopic (exact) mass is 501 g/mol. The molecule has 0 bridgehead atoms. The van der Waals surface area contributed by atoms with Gasteiger partial charge in [0.05, 0.1) is 29.4 Å². The number of benzene rings is 2. The Hall–Kier alpha value is -2.40. The number of methoxy groups -OCH3 is 1. The van der Waals surface area contributed by atoms with E-state index in [0.29, 0.717) is 23.4 Å². The summed E-state index contributed by atoms with van der Waals surface area (Å²) < 4.78 is 32.3. The van der Waals surface area contributed by atoms with Crippen LogP contribution in [0, 0.1) is 16.0 Å². The molecule has 1 atom stereocenters. The van der Waals surface area contributed by atoms with Gasteiger partial charge in [-0.05, 0) is 36.6 Å². The smallest absolute Gasteiger partial charge is 0.271 e. The minimum atomic E-state index is -3.73. The molecule has 1 heterocycles. The lowest BCUT2D eigenvalue weighted by Crippen LogP contribution is -2.44. The lowest BCUT2D eigenvalue weighted by Gasteiger charge is -2.31. The van der Waals surface area contributed by atoms with E-state index in [0.717, 1.165) is 0 Å². The van der Waals surface area contributed by atoms with Crippen molar-refractivity contribution in [3.05, 3.63) is 62.1 Å². The van der Waals surface area contributed by atoms with Gasteiger partial charge in [0.25, 0.3) is 5.69 Å². The van der Waals surface area contributed by atoms with Gasteiger partial charge in [-0.1, -0.05) is 29.3 Å². The molecule has 1 fully saturated rings. The number of nitro benzene ring substituents is 1. The molecule has 1 aliphatic heterocycles. The van der Waals surface area contributed by atoms with E-state index in [4.69, 9.17) is 27.9 Å². The number of nitro groups is 1. The first-order valence-electron chi connectivity index (χ1n) is 9.66. The second-order valence-corrected chi connectivity index (χ2v) is 10.1. The van der Waals surface area contributed by atoms with Crippen molar-refractivity contribution in [1.82, 2.24) is 4.31 Å². The van der Waals surface area contributed by atoms with E-state index in [1.54, 1.807) is 12.1 Å². The van der Waals surface area contributed by atoms with Gasteiger partial charge in [0.1, 0.15) is 5.75 Å². The number of amides is 1. The van der Waals surface area contributed by atoms with Crippen molar-refractivity contribution >= 4 is 50.5 Å². The average Bonchev–Trinajstić information content (AvgIpc) is 2.75. The summed E-state index contributed by atoms with van der Waals surface area (Å²) in [6.07, 6.45) is 0.981. The summed E-state index contributed by atoms with van der Waals surface area (Å²) in [6.45, 7) is 0.286. The lowest BCUT2D eigenvalue weighted by atomic mass is 9.98. The number of carbonyl (C=O) groups excluding carboxylic acids is 1. The molecular weight excluding hydrogens is 481 g/mol. The van der Waals surface area contributed by atoms with Crippen molar-refractivity contribution in [3.8, 4) is 5.75 Å². The van der Waals surface area contributed by atoms with Crippen LogP contribution in [0.5, 0.6) is 5.75 Å². The highest BCUT2D eigenvalue weighted by Crippen LogP contribution is 2.31. The Bertz CT molecular complexity index is 1140. The number of carbonyl (C=O) groups is 1. The highest BCUT2D eigenvalue weighted by atomic mass is 35.5. The maximum absolute atomic E-state index is 12.9. The lowest BCUT2D eigenvalue weighted by molar-refractivity contribution is -0.384. The molecule has 0 aromatic heterocycles. The van der Waals surface area contributed by atoms with Crippen LogP contribution in [0.3, 0.4) is 0 Å². The standard InChI is InChI=1S/C20H21Cl2N3O6S/c1-31-19-7-6-16(25(27)28)10-18(19)23-20(26)13-3-2-8-24(11-13)32(29,30)12-14-4-5-15(21)9-17(14)22/h4-7,9-10,13H,2-3,8,11-12H2,1H3,(H,23,26)/t13-/m1/s1. The quantitative estimate of drug-likeness (QED) is 0.450. The number of halogens is 2. The van der Waals surface area contributed by atoms with Gasteiger partial charge in [0.15, 0.2) is 0 Å². The second kappa shape index (κ2) is 10.0. The number of hydrogen-bond donors (Lipinski definition) is 1. The Morgan fingerprint density at radius 3 is 2.69 bits per heavy atom. The molecular formula is C20H21Cl2N3O6S. The number of piperidine rings is 1. The molecule has 172 valence electrons. The van der Waals surface area contributed by atoms with Gasteiger partial charge in [-0.3, -0.25) is 14.9 Å². The van der Waals surface area contributed by atoms with Gasteiger partial charge in [-0.25, -0.2) is 12.7 Å². The van der Waals surface area contributed by atoms with E-state index in [1.807, 2.05) is 0 Å². The Kier molecular flexibility index (Phi) is 7.60. The van der Waals surface area contributed by atoms with Crippen LogP contribution in [0.4, 0.5) is 11.4 Å². The van der Waals surface area contributed by atoms with Crippen LogP contribution < -0.4 is 10.1 Å². The number of non-ortho nitro benzene ring substituents is 1. The molecule has 1 N–H and O–H groups in total. The maximum Gasteiger partial charge on any atom is 0.271 e. The van der Waals surface area contributed by atoms with E-state index >= 15 is 0 Å². The zero-order valence-electron chi connectivity index (χ0n) is 17.1.